The molecule has 3 heterocycles. The van der Waals surface area contributed by atoms with E-state index in [1.54, 1.807) is 12.1 Å². The highest BCUT2D eigenvalue weighted by atomic mass is 19.1. The van der Waals surface area contributed by atoms with Crippen molar-refractivity contribution in [3.05, 3.63) is 78.0 Å². The van der Waals surface area contributed by atoms with Crippen molar-refractivity contribution < 1.29 is 9.13 Å². The molecule has 150 valence electrons. The summed E-state index contributed by atoms with van der Waals surface area (Å²) < 4.78 is 19.3. The summed E-state index contributed by atoms with van der Waals surface area (Å²) in [4.78, 5) is 11.4. The van der Waals surface area contributed by atoms with Crippen molar-refractivity contribution in [2.24, 2.45) is 0 Å². The Kier molecular flexibility index (Phi) is 6.12. The summed E-state index contributed by atoms with van der Waals surface area (Å²) in [5.41, 5.74) is 3.64. The molecule has 0 spiro atoms. The molecule has 6 heteroatoms. The number of halogens is 1. The maximum absolute atomic E-state index is 13.9. The summed E-state index contributed by atoms with van der Waals surface area (Å²) in [5.74, 6) is 0.789. The zero-order valence-corrected chi connectivity index (χ0v) is 16.5. The SMILES string of the molecule is C[C@@H](NCc1ccc(-c2ccc(N3CCOCC3)nc2)cn1)c1ccccc1F. The van der Waals surface area contributed by atoms with Crippen LogP contribution >= 0.6 is 0 Å². The van der Waals surface area contributed by atoms with Crippen molar-refractivity contribution >= 4 is 5.82 Å². The highest BCUT2D eigenvalue weighted by Gasteiger charge is 2.13. The first-order valence-electron chi connectivity index (χ1n) is 9.92. The van der Waals surface area contributed by atoms with Gasteiger partial charge < -0.3 is 15.0 Å². The average Bonchev–Trinajstić information content (AvgIpc) is 2.79. The van der Waals surface area contributed by atoms with Crippen molar-refractivity contribution in [2.45, 2.75) is 19.5 Å². The van der Waals surface area contributed by atoms with Gasteiger partial charge in [0, 0.05) is 54.8 Å². The largest absolute Gasteiger partial charge is 0.378 e. The molecular weight excluding hydrogens is 367 g/mol. The minimum Gasteiger partial charge on any atom is -0.378 e. The van der Waals surface area contributed by atoms with Gasteiger partial charge in [-0.25, -0.2) is 9.37 Å². The fourth-order valence-electron chi connectivity index (χ4n) is 3.43. The number of hydrogen-bond acceptors (Lipinski definition) is 5. The van der Waals surface area contributed by atoms with E-state index in [4.69, 9.17) is 4.74 Å². The van der Waals surface area contributed by atoms with Crippen molar-refractivity contribution in [3.63, 3.8) is 0 Å². The summed E-state index contributed by atoms with van der Waals surface area (Å²) in [6, 6.07) is 14.9. The third-order valence-corrected chi connectivity index (χ3v) is 5.20. The number of morpholine rings is 1. The van der Waals surface area contributed by atoms with Gasteiger partial charge in [-0.05, 0) is 31.2 Å². The van der Waals surface area contributed by atoms with Gasteiger partial charge in [0.1, 0.15) is 11.6 Å². The van der Waals surface area contributed by atoms with Crippen LogP contribution in [0.4, 0.5) is 10.2 Å². The lowest BCUT2D eigenvalue weighted by Crippen LogP contribution is -2.36. The number of aromatic nitrogens is 2. The Balaban J connectivity index is 1.37. The summed E-state index contributed by atoms with van der Waals surface area (Å²) in [6.45, 7) is 5.77. The van der Waals surface area contributed by atoms with E-state index in [1.807, 2.05) is 43.6 Å². The van der Waals surface area contributed by atoms with Crippen LogP contribution in [0.25, 0.3) is 11.1 Å². The molecule has 1 atom stereocenters. The lowest BCUT2D eigenvalue weighted by molar-refractivity contribution is 0.122. The molecule has 0 saturated carbocycles. The molecule has 0 unspecified atom stereocenters. The van der Waals surface area contributed by atoms with Gasteiger partial charge in [0.25, 0.3) is 0 Å². The highest BCUT2D eigenvalue weighted by molar-refractivity contribution is 5.63. The summed E-state index contributed by atoms with van der Waals surface area (Å²) in [6.07, 6.45) is 3.75. The Morgan fingerprint density at radius 3 is 2.38 bits per heavy atom. The van der Waals surface area contributed by atoms with Crippen LogP contribution in [0.3, 0.4) is 0 Å². The van der Waals surface area contributed by atoms with Crippen molar-refractivity contribution in [2.75, 3.05) is 31.2 Å². The summed E-state index contributed by atoms with van der Waals surface area (Å²) in [7, 11) is 0. The number of hydrogen-bond donors (Lipinski definition) is 1. The average molecular weight is 392 g/mol. The Morgan fingerprint density at radius 1 is 1.00 bits per heavy atom. The van der Waals surface area contributed by atoms with Crippen LogP contribution in [0, 0.1) is 5.82 Å². The molecule has 4 rings (SSSR count). The van der Waals surface area contributed by atoms with Gasteiger partial charge in [-0.1, -0.05) is 24.3 Å². The quantitative estimate of drug-likeness (QED) is 0.688. The molecule has 0 bridgehead atoms. The summed E-state index contributed by atoms with van der Waals surface area (Å²) in [5, 5.41) is 3.33. The first-order valence-corrected chi connectivity index (χ1v) is 9.92. The minimum absolute atomic E-state index is 0.0883. The third-order valence-electron chi connectivity index (χ3n) is 5.20. The number of pyridine rings is 2. The van der Waals surface area contributed by atoms with Gasteiger partial charge in [-0.2, -0.15) is 0 Å². The molecule has 1 saturated heterocycles. The third kappa shape index (κ3) is 4.78. The molecule has 0 radical (unpaired) electrons. The van der Waals surface area contributed by atoms with E-state index in [9.17, 15) is 4.39 Å². The monoisotopic (exact) mass is 392 g/mol. The van der Waals surface area contributed by atoms with E-state index in [-0.39, 0.29) is 11.9 Å². The smallest absolute Gasteiger partial charge is 0.128 e. The fourth-order valence-corrected chi connectivity index (χ4v) is 3.43. The molecule has 29 heavy (non-hydrogen) atoms. The highest BCUT2D eigenvalue weighted by Crippen LogP contribution is 2.21. The number of nitrogens with one attached hydrogen (secondary N) is 1. The molecule has 1 aliphatic rings. The zero-order valence-electron chi connectivity index (χ0n) is 16.5. The second-order valence-corrected chi connectivity index (χ2v) is 7.17. The standard InChI is InChI=1S/C23H25FN4O/c1-17(21-4-2-3-5-22(21)24)25-16-20-8-6-18(14-26-20)19-7-9-23(27-15-19)28-10-12-29-13-11-28/h2-9,14-15,17,25H,10-13,16H2,1H3/t17-/m1/s1. The lowest BCUT2D eigenvalue weighted by Gasteiger charge is -2.27. The summed E-state index contributed by atoms with van der Waals surface area (Å²) >= 11 is 0. The molecule has 0 aliphatic carbocycles. The number of rotatable bonds is 6. The molecule has 1 aliphatic heterocycles. The van der Waals surface area contributed by atoms with Crippen LogP contribution in [-0.2, 0) is 11.3 Å². The first-order chi connectivity index (χ1) is 14.2. The van der Waals surface area contributed by atoms with Gasteiger partial charge in [0.15, 0.2) is 0 Å². The van der Waals surface area contributed by atoms with E-state index in [0.29, 0.717) is 12.1 Å². The van der Waals surface area contributed by atoms with Crippen molar-refractivity contribution in [1.82, 2.24) is 15.3 Å². The van der Waals surface area contributed by atoms with Gasteiger partial charge in [0.2, 0.25) is 0 Å². The number of benzene rings is 1. The lowest BCUT2D eigenvalue weighted by atomic mass is 10.1. The first kappa shape index (κ1) is 19.5. The molecule has 1 aromatic carbocycles. The maximum Gasteiger partial charge on any atom is 0.128 e. The van der Waals surface area contributed by atoms with Crippen LogP contribution in [0.2, 0.25) is 0 Å². The van der Waals surface area contributed by atoms with E-state index in [2.05, 4.69) is 26.3 Å². The van der Waals surface area contributed by atoms with Gasteiger partial charge in [-0.3, -0.25) is 4.98 Å². The predicted octanol–water partition coefficient (Wildman–Crippen LogP) is 3.97. The van der Waals surface area contributed by atoms with Crippen molar-refractivity contribution in [1.29, 1.82) is 0 Å². The molecular formula is C23H25FN4O. The number of anilines is 1. The second kappa shape index (κ2) is 9.11. The molecule has 2 aromatic heterocycles. The van der Waals surface area contributed by atoms with Crippen LogP contribution in [0.1, 0.15) is 24.2 Å². The second-order valence-electron chi connectivity index (χ2n) is 7.17. The Bertz CT molecular complexity index is 924. The predicted molar refractivity (Wildman–Crippen MR) is 112 cm³/mol. The fraction of sp³-hybridized carbons (Fsp3) is 0.304. The molecule has 1 N–H and O–H groups in total. The zero-order chi connectivity index (χ0) is 20.1. The Labute approximate surface area is 170 Å². The maximum atomic E-state index is 13.9. The normalized spacial score (nSPS) is 15.3. The van der Waals surface area contributed by atoms with Gasteiger partial charge >= 0.3 is 0 Å². The van der Waals surface area contributed by atoms with Crippen LogP contribution in [-0.4, -0.2) is 36.3 Å². The van der Waals surface area contributed by atoms with Crippen LogP contribution in [0.15, 0.2) is 60.9 Å². The van der Waals surface area contributed by atoms with Crippen molar-refractivity contribution in [3.8, 4) is 11.1 Å². The van der Waals surface area contributed by atoms with E-state index in [0.717, 1.165) is 48.9 Å². The van der Waals surface area contributed by atoms with Gasteiger partial charge in [0.05, 0.1) is 18.9 Å². The topological polar surface area (TPSA) is 50.3 Å². The molecule has 3 aromatic rings. The number of nitrogens with zero attached hydrogens (tertiary/aromatic N) is 3. The van der Waals surface area contributed by atoms with E-state index >= 15 is 0 Å². The van der Waals surface area contributed by atoms with Crippen LogP contribution < -0.4 is 10.2 Å². The van der Waals surface area contributed by atoms with Gasteiger partial charge in [-0.15, -0.1) is 0 Å². The Hall–Kier alpha value is -2.83. The van der Waals surface area contributed by atoms with E-state index < -0.39 is 0 Å². The molecule has 0 amide bonds. The molecule has 5 nitrogen and oxygen atoms in total. The van der Waals surface area contributed by atoms with E-state index in [1.165, 1.54) is 6.07 Å². The number of ether oxygens (including phenoxy) is 1. The van der Waals surface area contributed by atoms with Crippen LogP contribution in [0.5, 0.6) is 0 Å². The molecule has 1 fully saturated rings. The Morgan fingerprint density at radius 2 is 1.72 bits per heavy atom. The minimum atomic E-state index is -0.191.